The molecule has 5 nitrogen and oxygen atoms in total. The van der Waals surface area contributed by atoms with Gasteiger partial charge < -0.3 is 9.47 Å². The van der Waals surface area contributed by atoms with E-state index in [4.69, 9.17) is 9.47 Å². The largest absolute Gasteiger partial charge is 0.497 e. The quantitative estimate of drug-likeness (QED) is 0.576. The van der Waals surface area contributed by atoms with Gasteiger partial charge in [0, 0.05) is 12.0 Å². The van der Waals surface area contributed by atoms with Crippen LogP contribution in [0.3, 0.4) is 0 Å². The summed E-state index contributed by atoms with van der Waals surface area (Å²) in [5.74, 6) is 0.160. The van der Waals surface area contributed by atoms with Gasteiger partial charge in [0.15, 0.2) is 0 Å². The Labute approximate surface area is 180 Å². The van der Waals surface area contributed by atoms with Gasteiger partial charge >= 0.3 is 0 Å². The van der Waals surface area contributed by atoms with Gasteiger partial charge in [-0.25, -0.2) is 9.40 Å². The maximum absolute atomic E-state index is 14.4. The summed E-state index contributed by atoms with van der Waals surface area (Å²) < 4.78 is 25.3. The van der Waals surface area contributed by atoms with Gasteiger partial charge in [0.25, 0.3) is 5.91 Å². The number of nitrogens with zero attached hydrogens (tertiary/aromatic N) is 2. The number of hydrogen-bond donors (Lipinski definition) is 0. The van der Waals surface area contributed by atoms with Crippen LogP contribution in [0.2, 0.25) is 0 Å². The molecular weight excluding hydrogens is 395 g/mol. The Bertz CT molecular complexity index is 1140. The Morgan fingerprint density at radius 1 is 1.03 bits per heavy atom. The zero-order valence-electron chi connectivity index (χ0n) is 17.6. The van der Waals surface area contributed by atoms with E-state index in [1.54, 1.807) is 38.5 Å². The van der Waals surface area contributed by atoms with E-state index in [9.17, 15) is 9.18 Å². The van der Waals surface area contributed by atoms with Gasteiger partial charge in [0.2, 0.25) is 0 Å². The Morgan fingerprint density at radius 3 is 2.45 bits per heavy atom. The highest BCUT2D eigenvalue weighted by Gasteiger charge is 2.36. The molecule has 0 fully saturated rings. The Hall–Kier alpha value is -3.67. The SMILES string of the molecule is COc1ccc(OC)c(C2CC(c3ccc(C)cc3)=NN2C(=O)c2ccccc2F)c1. The minimum absolute atomic E-state index is 0.0248. The topological polar surface area (TPSA) is 51.1 Å². The third-order valence-electron chi connectivity index (χ3n) is 5.40. The van der Waals surface area contributed by atoms with Crippen molar-refractivity contribution in [2.24, 2.45) is 5.10 Å². The average Bonchev–Trinajstić information content (AvgIpc) is 3.24. The summed E-state index contributed by atoms with van der Waals surface area (Å²) in [5.41, 5.74) is 3.52. The van der Waals surface area contributed by atoms with Gasteiger partial charge in [0.05, 0.1) is 31.5 Å². The molecule has 0 N–H and O–H groups in total. The van der Waals surface area contributed by atoms with Crippen molar-refractivity contribution in [2.75, 3.05) is 14.2 Å². The Kier molecular flexibility index (Phi) is 5.71. The van der Waals surface area contributed by atoms with Gasteiger partial charge in [-0.2, -0.15) is 5.10 Å². The molecule has 158 valence electrons. The number of hydrogen-bond acceptors (Lipinski definition) is 4. The Morgan fingerprint density at radius 2 is 1.77 bits per heavy atom. The molecule has 6 heteroatoms. The molecule has 4 rings (SSSR count). The summed E-state index contributed by atoms with van der Waals surface area (Å²) in [6.45, 7) is 2.01. The van der Waals surface area contributed by atoms with Gasteiger partial charge in [0.1, 0.15) is 17.3 Å². The second kappa shape index (κ2) is 8.60. The summed E-state index contributed by atoms with van der Waals surface area (Å²) in [4.78, 5) is 13.3. The highest BCUT2D eigenvalue weighted by atomic mass is 19.1. The zero-order chi connectivity index (χ0) is 22.0. The fourth-order valence-electron chi connectivity index (χ4n) is 3.72. The number of rotatable bonds is 5. The van der Waals surface area contributed by atoms with Crippen LogP contribution in [0.5, 0.6) is 11.5 Å². The number of aryl methyl sites for hydroxylation is 1. The van der Waals surface area contributed by atoms with Crippen molar-refractivity contribution in [3.05, 3.63) is 94.8 Å². The molecule has 1 heterocycles. The maximum atomic E-state index is 14.4. The van der Waals surface area contributed by atoms with E-state index in [1.165, 1.54) is 17.1 Å². The Balaban J connectivity index is 1.81. The molecule has 0 radical (unpaired) electrons. The molecule has 31 heavy (non-hydrogen) atoms. The zero-order valence-corrected chi connectivity index (χ0v) is 17.6. The lowest BCUT2D eigenvalue weighted by Crippen LogP contribution is -2.28. The summed E-state index contributed by atoms with van der Waals surface area (Å²) in [5, 5.41) is 5.98. The lowest BCUT2D eigenvalue weighted by molar-refractivity contribution is 0.0704. The molecule has 1 aliphatic rings. The highest BCUT2D eigenvalue weighted by molar-refractivity contribution is 6.05. The van der Waals surface area contributed by atoms with Crippen LogP contribution in [0, 0.1) is 12.7 Å². The molecule has 1 atom stereocenters. The lowest BCUT2D eigenvalue weighted by Gasteiger charge is -2.24. The molecule has 0 aliphatic carbocycles. The van der Waals surface area contributed by atoms with Crippen LogP contribution in [0.25, 0.3) is 0 Å². The smallest absolute Gasteiger partial charge is 0.277 e. The number of amides is 1. The minimum Gasteiger partial charge on any atom is -0.497 e. The van der Waals surface area contributed by atoms with E-state index in [-0.39, 0.29) is 5.56 Å². The molecule has 3 aromatic rings. The van der Waals surface area contributed by atoms with Gasteiger partial charge in [-0.05, 0) is 42.8 Å². The van der Waals surface area contributed by atoms with E-state index in [0.717, 1.165) is 22.4 Å². The molecule has 0 saturated carbocycles. The molecule has 1 amide bonds. The van der Waals surface area contributed by atoms with Crippen molar-refractivity contribution in [3.8, 4) is 11.5 Å². The highest BCUT2D eigenvalue weighted by Crippen LogP contribution is 2.40. The van der Waals surface area contributed by atoms with Crippen molar-refractivity contribution in [3.63, 3.8) is 0 Å². The molecular formula is C25H23FN2O3. The first-order chi connectivity index (χ1) is 15.0. The third kappa shape index (κ3) is 4.01. The van der Waals surface area contributed by atoms with Crippen LogP contribution in [0.15, 0.2) is 71.8 Å². The van der Waals surface area contributed by atoms with E-state index in [2.05, 4.69) is 5.10 Å². The van der Waals surface area contributed by atoms with Crippen LogP contribution in [-0.4, -0.2) is 30.8 Å². The number of hydrazone groups is 1. The molecule has 0 bridgehead atoms. The van der Waals surface area contributed by atoms with E-state index in [0.29, 0.717) is 17.9 Å². The number of halogens is 1. The van der Waals surface area contributed by atoms with Crippen LogP contribution in [0.4, 0.5) is 4.39 Å². The second-order valence-corrected chi connectivity index (χ2v) is 7.37. The lowest BCUT2D eigenvalue weighted by atomic mass is 9.96. The van der Waals surface area contributed by atoms with Crippen molar-refractivity contribution in [2.45, 2.75) is 19.4 Å². The number of carbonyl (C=O) groups is 1. The molecule has 0 saturated heterocycles. The van der Waals surface area contributed by atoms with Crippen molar-refractivity contribution in [1.82, 2.24) is 5.01 Å². The van der Waals surface area contributed by atoms with Crippen molar-refractivity contribution >= 4 is 11.6 Å². The predicted molar refractivity (Wildman–Crippen MR) is 117 cm³/mol. The fraction of sp³-hybridized carbons (Fsp3) is 0.200. The summed E-state index contributed by atoms with van der Waals surface area (Å²) in [6.07, 6.45) is 0.465. The van der Waals surface area contributed by atoms with Gasteiger partial charge in [-0.15, -0.1) is 0 Å². The van der Waals surface area contributed by atoms with Crippen LogP contribution >= 0.6 is 0 Å². The van der Waals surface area contributed by atoms with Crippen LogP contribution in [-0.2, 0) is 0 Å². The molecule has 0 spiro atoms. The normalized spacial score (nSPS) is 15.5. The minimum atomic E-state index is -0.581. The van der Waals surface area contributed by atoms with Gasteiger partial charge in [-0.3, -0.25) is 4.79 Å². The molecule has 3 aromatic carbocycles. The third-order valence-corrected chi connectivity index (χ3v) is 5.40. The first kappa shape index (κ1) is 20.6. The number of benzene rings is 3. The summed E-state index contributed by atoms with van der Waals surface area (Å²) in [7, 11) is 3.15. The molecule has 0 aromatic heterocycles. The van der Waals surface area contributed by atoms with E-state index >= 15 is 0 Å². The number of ether oxygens (including phenoxy) is 2. The molecule has 1 aliphatic heterocycles. The first-order valence-corrected chi connectivity index (χ1v) is 9.96. The summed E-state index contributed by atoms with van der Waals surface area (Å²) >= 11 is 0. The van der Waals surface area contributed by atoms with Crippen LogP contribution < -0.4 is 9.47 Å². The average molecular weight is 418 g/mol. The second-order valence-electron chi connectivity index (χ2n) is 7.37. The van der Waals surface area contributed by atoms with E-state index in [1.807, 2.05) is 37.3 Å². The van der Waals surface area contributed by atoms with Crippen LogP contribution in [0.1, 0.15) is 39.5 Å². The number of carbonyl (C=O) groups excluding carboxylic acids is 1. The first-order valence-electron chi connectivity index (χ1n) is 9.96. The number of methoxy groups -OCH3 is 2. The summed E-state index contributed by atoms with van der Waals surface area (Å²) in [6, 6.07) is 18.8. The van der Waals surface area contributed by atoms with Crippen molar-refractivity contribution in [1.29, 1.82) is 0 Å². The van der Waals surface area contributed by atoms with E-state index < -0.39 is 17.8 Å². The van der Waals surface area contributed by atoms with Crippen molar-refractivity contribution < 1.29 is 18.7 Å². The van der Waals surface area contributed by atoms with Gasteiger partial charge in [-0.1, -0.05) is 42.0 Å². The maximum Gasteiger partial charge on any atom is 0.277 e. The standard InChI is InChI=1S/C25H23FN2O3/c1-16-8-10-17(11-9-16)22-15-23(20-14-18(30-2)12-13-24(20)31-3)28(27-22)25(29)19-6-4-5-7-21(19)26/h4-14,23H,15H2,1-3H3. The fourth-order valence-corrected chi connectivity index (χ4v) is 3.72. The molecule has 1 unspecified atom stereocenters. The predicted octanol–water partition coefficient (Wildman–Crippen LogP) is 5.14. The monoisotopic (exact) mass is 418 g/mol.